The van der Waals surface area contributed by atoms with Crippen molar-refractivity contribution in [3.8, 4) is 5.75 Å². The van der Waals surface area contributed by atoms with E-state index in [4.69, 9.17) is 4.74 Å². The molecule has 0 aliphatic carbocycles. The van der Waals surface area contributed by atoms with Gasteiger partial charge in [-0.25, -0.2) is 0 Å². The first-order chi connectivity index (χ1) is 9.17. The van der Waals surface area contributed by atoms with E-state index in [1.54, 1.807) is 7.11 Å². The van der Waals surface area contributed by atoms with Gasteiger partial charge in [0, 0.05) is 11.6 Å². The Balaban J connectivity index is 3.02. The summed E-state index contributed by atoms with van der Waals surface area (Å²) in [6.45, 7) is 6.68. The van der Waals surface area contributed by atoms with Crippen molar-refractivity contribution in [2.45, 2.75) is 52.5 Å². The molecule has 0 fully saturated rings. The van der Waals surface area contributed by atoms with Gasteiger partial charge in [-0.1, -0.05) is 50.8 Å². The normalized spacial score (nSPS) is 14.2. The summed E-state index contributed by atoms with van der Waals surface area (Å²) in [5.74, 6) is 1.67. The predicted octanol–water partition coefficient (Wildman–Crippen LogP) is 4.48. The number of hydrogen-bond acceptors (Lipinski definition) is 2. The van der Waals surface area contributed by atoms with Gasteiger partial charge in [0.25, 0.3) is 0 Å². The van der Waals surface area contributed by atoms with E-state index in [1.807, 2.05) is 0 Å². The second kappa shape index (κ2) is 8.21. The van der Waals surface area contributed by atoms with Gasteiger partial charge in [-0.05, 0) is 32.4 Å². The molecule has 0 amide bonds. The molecule has 2 nitrogen and oxygen atoms in total. The molecule has 2 heteroatoms. The fourth-order valence-corrected chi connectivity index (χ4v) is 2.81. The van der Waals surface area contributed by atoms with E-state index in [9.17, 15) is 0 Å². The summed E-state index contributed by atoms with van der Waals surface area (Å²) >= 11 is 0. The van der Waals surface area contributed by atoms with Gasteiger partial charge in [0.15, 0.2) is 0 Å². The second-order valence-electron chi connectivity index (χ2n) is 5.32. The number of rotatable bonds is 8. The van der Waals surface area contributed by atoms with Crippen LogP contribution in [0.2, 0.25) is 0 Å². The van der Waals surface area contributed by atoms with Crippen molar-refractivity contribution in [2.75, 3.05) is 14.2 Å². The lowest BCUT2D eigenvalue weighted by atomic mass is 9.86. The molecule has 0 saturated heterocycles. The highest BCUT2D eigenvalue weighted by molar-refractivity contribution is 5.39. The summed E-state index contributed by atoms with van der Waals surface area (Å²) in [6, 6.07) is 6.84. The van der Waals surface area contributed by atoms with Crippen LogP contribution in [-0.2, 0) is 0 Å². The highest BCUT2D eigenvalue weighted by atomic mass is 16.5. The summed E-state index contributed by atoms with van der Waals surface area (Å²) < 4.78 is 5.54. The Morgan fingerprint density at radius 2 is 2.00 bits per heavy atom. The molecule has 0 heterocycles. The van der Waals surface area contributed by atoms with Crippen LogP contribution in [-0.4, -0.2) is 14.2 Å². The summed E-state index contributed by atoms with van der Waals surface area (Å²) in [5.41, 5.74) is 2.59. The summed E-state index contributed by atoms with van der Waals surface area (Å²) in [5, 5.41) is 3.50. The average molecular weight is 263 g/mol. The number of unbranched alkanes of at least 4 members (excludes halogenated alkanes) is 1. The van der Waals surface area contributed by atoms with Gasteiger partial charge in [0.2, 0.25) is 0 Å². The predicted molar refractivity (Wildman–Crippen MR) is 82.8 cm³/mol. The Morgan fingerprint density at radius 1 is 1.26 bits per heavy atom. The number of ether oxygens (including phenoxy) is 1. The molecule has 0 spiro atoms. The molecule has 0 aromatic heterocycles. The molecule has 2 atom stereocenters. The summed E-state index contributed by atoms with van der Waals surface area (Å²) in [7, 11) is 3.81. The van der Waals surface area contributed by atoms with Crippen molar-refractivity contribution >= 4 is 0 Å². The van der Waals surface area contributed by atoms with Gasteiger partial charge in [0.05, 0.1) is 7.11 Å². The highest BCUT2D eigenvalue weighted by Gasteiger charge is 2.22. The maximum absolute atomic E-state index is 5.54. The van der Waals surface area contributed by atoms with Crippen molar-refractivity contribution in [1.29, 1.82) is 0 Å². The Bertz CT molecular complexity index is 376. The van der Waals surface area contributed by atoms with E-state index in [2.05, 4.69) is 51.3 Å². The number of hydrogen-bond donors (Lipinski definition) is 1. The maximum Gasteiger partial charge on any atom is 0.123 e. The fourth-order valence-electron chi connectivity index (χ4n) is 2.81. The van der Waals surface area contributed by atoms with Gasteiger partial charge in [-0.15, -0.1) is 0 Å². The van der Waals surface area contributed by atoms with Crippen molar-refractivity contribution in [1.82, 2.24) is 5.32 Å². The number of aryl methyl sites for hydroxylation is 1. The molecular weight excluding hydrogens is 234 g/mol. The second-order valence-corrected chi connectivity index (χ2v) is 5.32. The van der Waals surface area contributed by atoms with Crippen LogP contribution >= 0.6 is 0 Å². The molecule has 1 aromatic carbocycles. The third-order valence-corrected chi connectivity index (χ3v) is 3.96. The lowest BCUT2D eigenvalue weighted by Gasteiger charge is -2.28. The molecule has 108 valence electrons. The van der Waals surface area contributed by atoms with E-state index in [0.29, 0.717) is 12.0 Å². The van der Waals surface area contributed by atoms with E-state index in [1.165, 1.54) is 36.8 Å². The molecule has 0 bridgehead atoms. The monoisotopic (exact) mass is 263 g/mol. The molecule has 1 aromatic rings. The van der Waals surface area contributed by atoms with Crippen LogP contribution in [0, 0.1) is 12.8 Å². The van der Waals surface area contributed by atoms with Gasteiger partial charge in [0.1, 0.15) is 5.75 Å². The zero-order chi connectivity index (χ0) is 14.3. The van der Waals surface area contributed by atoms with Crippen LogP contribution < -0.4 is 10.1 Å². The standard InChI is InChI=1S/C17H29NO/c1-6-8-9-14(7-2)17(18-4)15-12-13(3)10-11-16(15)19-5/h10-12,14,17-18H,6-9H2,1-5H3. The van der Waals surface area contributed by atoms with Crippen molar-refractivity contribution in [3.63, 3.8) is 0 Å². The topological polar surface area (TPSA) is 21.3 Å². The number of methoxy groups -OCH3 is 1. The Morgan fingerprint density at radius 3 is 2.53 bits per heavy atom. The fraction of sp³-hybridized carbons (Fsp3) is 0.647. The molecule has 1 N–H and O–H groups in total. The third kappa shape index (κ3) is 4.24. The molecule has 0 aliphatic heterocycles. The molecule has 1 rings (SSSR count). The first-order valence-corrected chi connectivity index (χ1v) is 7.49. The van der Waals surface area contributed by atoms with Crippen molar-refractivity contribution < 1.29 is 4.74 Å². The minimum atomic E-state index is 0.381. The van der Waals surface area contributed by atoms with Crippen LogP contribution in [0.4, 0.5) is 0 Å². The van der Waals surface area contributed by atoms with Gasteiger partial charge in [-0.3, -0.25) is 0 Å². The molecule has 0 aliphatic rings. The Kier molecular flexibility index (Phi) is 6.93. The third-order valence-electron chi connectivity index (χ3n) is 3.96. The van der Waals surface area contributed by atoms with E-state index >= 15 is 0 Å². The largest absolute Gasteiger partial charge is 0.496 e. The van der Waals surface area contributed by atoms with Crippen LogP contribution in [0.1, 0.15) is 56.7 Å². The molecule has 19 heavy (non-hydrogen) atoms. The van der Waals surface area contributed by atoms with Gasteiger partial charge < -0.3 is 10.1 Å². The molecular formula is C17H29NO. The SMILES string of the molecule is CCCCC(CC)C(NC)c1cc(C)ccc1OC. The van der Waals surface area contributed by atoms with Crippen molar-refractivity contribution in [3.05, 3.63) is 29.3 Å². The lowest BCUT2D eigenvalue weighted by Crippen LogP contribution is -2.25. The van der Waals surface area contributed by atoms with Gasteiger partial charge >= 0.3 is 0 Å². The first-order valence-electron chi connectivity index (χ1n) is 7.49. The minimum Gasteiger partial charge on any atom is -0.496 e. The quantitative estimate of drug-likeness (QED) is 0.746. The van der Waals surface area contributed by atoms with E-state index in [-0.39, 0.29) is 0 Å². The zero-order valence-electron chi connectivity index (χ0n) is 13.1. The maximum atomic E-state index is 5.54. The minimum absolute atomic E-state index is 0.381. The summed E-state index contributed by atoms with van der Waals surface area (Å²) in [4.78, 5) is 0. The Hall–Kier alpha value is -1.02. The zero-order valence-corrected chi connectivity index (χ0v) is 13.1. The van der Waals surface area contributed by atoms with E-state index in [0.717, 1.165) is 5.75 Å². The van der Waals surface area contributed by atoms with Crippen molar-refractivity contribution in [2.24, 2.45) is 5.92 Å². The molecule has 0 saturated carbocycles. The van der Waals surface area contributed by atoms with Crippen LogP contribution in [0.3, 0.4) is 0 Å². The summed E-state index contributed by atoms with van der Waals surface area (Å²) in [6.07, 6.45) is 5.03. The molecule has 0 radical (unpaired) electrons. The first kappa shape index (κ1) is 16.0. The number of nitrogens with one attached hydrogen (secondary N) is 1. The Labute approximate surface area is 118 Å². The average Bonchev–Trinajstić information content (AvgIpc) is 2.43. The lowest BCUT2D eigenvalue weighted by molar-refractivity contribution is 0.324. The van der Waals surface area contributed by atoms with Crippen LogP contribution in [0.5, 0.6) is 5.75 Å². The smallest absolute Gasteiger partial charge is 0.123 e. The highest BCUT2D eigenvalue weighted by Crippen LogP contribution is 2.34. The number of benzene rings is 1. The van der Waals surface area contributed by atoms with Crippen LogP contribution in [0.25, 0.3) is 0 Å². The van der Waals surface area contributed by atoms with Gasteiger partial charge in [-0.2, -0.15) is 0 Å². The molecule has 2 unspecified atom stereocenters. The van der Waals surface area contributed by atoms with E-state index < -0.39 is 0 Å². The van der Waals surface area contributed by atoms with Crippen LogP contribution in [0.15, 0.2) is 18.2 Å².